The highest BCUT2D eigenvalue weighted by Gasteiger charge is 2.44. The fourth-order valence-corrected chi connectivity index (χ4v) is 3.68. The third-order valence-corrected chi connectivity index (χ3v) is 5.30. The Hall–Kier alpha value is -3.09. The molecule has 1 aliphatic carbocycles. The van der Waals surface area contributed by atoms with E-state index in [0.29, 0.717) is 17.8 Å². The predicted octanol–water partition coefficient (Wildman–Crippen LogP) is 1.62. The first-order valence-corrected chi connectivity index (χ1v) is 9.55. The lowest BCUT2D eigenvalue weighted by Crippen LogP contribution is -2.47. The first-order valence-electron chi connectivity index (χ1n) is 9.55. The van der Waals surface area contributed by atoms with Gasteiger partial charge in [0.1, 0.15) is 6.54 Å². The highest BCUT2D eigenvalue weighted by Crippen LogP contribution is 2.36. The summed E-state index contributed by atoms with van der Waals surface area (Å²) in [5, 5.41) is 5.85. The molecule has 1 atom stereocenters. The monoisotopic (exact) mass is 380 g/mol. The van der Waals surface area contributed by atoms with Gasteiger partial charge in [-0.2, -0.15) is 0 Å². The molecule has 3 aliphatic rings. The second-order valence-corrected chi connectivity index (χ2v) is 7.56. The zero-order valence-corrected chi connectivity index (χ0v) is 15.9. The van der Waals surface area contributed by atoms with Gasteiger partial charge in [-0.3, -0.25) is 14.5 Å². The van der Waals surface area contributed by atoms with Crippen molar-refractivity contribution in [2.45, 2.75) is 31.8 Å². The van der Waals surface area contributed by atoms with E-state index in [0.717, 1.165) is 24.0 Å². The Morgan fingerprint density at radius 2 is 2.00 bits per heavy atom. The summed E-state index contributed by atoms with van der Waals surface area (Å²) in [7, 11) is 0. The molecule has 7 nitrogen and oxygen atoms in total. The van der Waals surface area contributed by atoms with E-state index >= 15 is 0 Å². The van der Waals surface area contributed by atoms with Crippen molar-refractivity contribution in [2.24, 2.45) is 0 Å². The van der Waals surface area contributed by atoms with Gasteiger partial charge in [-0.05, 0) is 25.3 Å². The van der Waals surface area contributed by atoms with Crippen molar-refractivity contribution in [2.75, 3.05) is 19.6 Å². The number of nitrogens with zero attached hydrogens (tertiary/aromatic N) is 2. The van der Waals surface area contributed by atoms with Gasteiger partial charge in [0.25, 0.3) is 5.91 Å². The van der Waals surface area contributed by atoms with Crippen molar-refractivity contribution < 1.29 is 14.4 Å². The molecule has 1 aromatic carbocycles. The maximum atomic E-state index is 13.2. The van der Waals surface area contributed by atoms with Crippen molar-refractivity contribution in [3.05, 3.63) is 59.3 Å². The van der Waals surface area contributed by atoms with Crippen molar-refractivity contribution in [1.82, 2.24) is 20.4 Å². The van der Waals surface area contributed by atoms with Crippen LogP contribution in [0.3, 0.4) is 0 Å². The van der Waals surface area contributed by atoms with E-state index in [2.05, 4.69) is 17.2 Å². The SMILES string of the molecule is C=CCN1C(=O)NC(c2ccc(C)cc2)C2=C1CN(CC(=O)NC1CC1)C2=O. The molecule has 0 spiro atoms. The van der Waals surface area contributed by atoms with Gasteiger partial charge in [0.2, 0.25) is 5.91 Å². The second-order valence-electron chi connectivity index (χ2n) is 7.56. The molecule has 0 bridgehead atoms. The lowest BCUT2D eigenvalue weighted by atomic mass is 9.95. The van der Waals surface area contributed by atoms with E-state index < -0.39 is 6.04 Å². The number of aryl methyl sites for hydroxylation is 1. The first kappa shape index (κ1) is 18.3. The number of nitrogens with one attached hydrogen (secondary N) is 2. The predicted molar refractivity (Wildman–Crippen MR) is 104 cm³/mol. The summed E-state index contributed by atoms with van der Waals surface area (Å²) in [6.07, 6.45) is 3.62. The molecular formula is C21H24N4O3. The number of hydrogen-bond acceptors (Lipinski definition) is 3. The smallest absolute Gasteiger partial charge is 0.322 e. The van der Waals surface area contributed by atoms with Crippen LogP contribution in [0.2, 0.25) is 0 Å². The van der Waals surface area contributed by atoms with Gasteiger partial charge in [0.15, 0.2) is 0 Å². The molecule has 0 radical (unpaired) electrons. The lowest BCUT2D eigenvalue weighted by molar-refractivity contribution is -0.132. The number of hydrogen-bond donors (Lipinski definition) is 2. The van der Waals surface area contributed by atoms with Gasteiger partial charge < -0.3 is 15.5 Å². The minimum Gasteiger partial charge on any atom is -0.352 e. The number of rotatable bonds is 6. The van der Waals surface area contributed by atoms with Crippen LogP contribution in [0, 0.1) is 6.92 Å². The highest BCUT2D eigenvalue weighted by atomic mass is 16.2. The summed E-state index contributed by atoms with van der Waals surface area (Å²) in [6.45, 7) is 6.25. The Morgan fingerprint density at radius 3 is 2.64 bits per heavy atom. The van der Waals surface area contributed by atoms with Gasteiger partial charge >= 0.3 is 6.03 Å². The van der Waals surface area contributed by atoms with Crippen LogP contribution in [0.4, 0.5) is 4.79 Å². The summed E-state index contributed by atoms with van der Waals surface area (Å²) in [5.41, 5.74) is 3.13. The average Bonchev–Trinajstić information content (AvgIpc) is 3.41. The average molecular weight is 380 g/mol. The molecule has 4 amide bonds. The van der Waals surface area contributed by atoms with Gasteiger partial charge in [0.05, 0.1) is 23.9 Å². The van der Waals surface area contributed by atoms with Crippen molar-refractivity contribution >= 4 is 17.8 Å². The van der Waals surface area contributed by atoms with E-state index in [9.17, 15) is 14.4 Å². The van der Waals surface area contributed by atoms with Crippen LogP contribution in [-0.2, 0) is 9.59 Å². The fraction of sp³-hybridized carbons (Fsp3) is 0.381. The van der Waals surface area contributed by atoms with Crippen molar-refractivity contribution in [3.63, 3.8) is 0 Å². The van der Waals surface area contributed by atoms with Gasteiger partial charge in [-0.15, -0.1) is 6.58 Å². The Labute approximate surface area is 164 Å². The maximum absolute atomic E-state index is 13.2. The largest absolute Gasteiger partial charge is 0.352 e. The lowest BCUT2D eigenvalue weighted by Gasteiger charge is -2.33. The number of urea groups is 1. The zero-order valence-electron chi connectivity index (χ0n) is 15.9. The highest BCUT2D eigenvalue weighted by molar-refractivity contribution is 6.03. The van der Waals surface area contributed by atoms with Crippen molar-refractivity contribution in [1.29, 1.82) is 0 Å². The number of carbonyl (C=O) groups is 3. The van der Waals surface area contributed by atoms with Crippen LogP contribution in [0.5, 0.6) is 0 Å². The van der Waals surface area contributed by atoms with Crippen LogP contribution in [0.25, 0.3) is 0 Å². The minimum absolute atomic E-state index is 0.000922. The van der Waals surface area contributed by atoms with E-state index in [1.54, 1.807) is 6.08 Å². The normalized spacial score (nSPS) is 21.5. The van der Waals surface area contributed by atoms with Gasteiger partial charge in [-0.1, -0.05) is 35.9 Å². The maximum Gasteiger partial charge on any atom is 0.322 e. The standard InChI is InChI=1S/C21H24N4O3/c1-3-10-25-16-11-24(12-17(26)22-15-8-9-15)20(27)18(16)19(23-21(25)28)14-6-4-13(2)5-7-14/h3-7,15,19H,1,8-12H2,2H3,(H,22,26)(H,23,28). The third-order valence-electron chi connectivity index (χ3n) is 5.30. The topological polar surface area (TPSA) is 81.8 Å². The molecule has 1 aromatic rings. The molecule has 2 N–H and O–H groups in total. The molecule has 1 fully saturated rings. The summed E-state index contributed by atoms with van der Waals surface area (Å²) in [5.74, 6) is -0.363. The zero-order chi connectivity index (χ0) is 19.8. The van der Waals surface area contributed by atoms with Crippen LogP contribution in [0.15, 0.2) is 48.2 Å². The molecular weight excluding hydrogens is 356 g/mol. The number of benzene rings is 1. The summed E-state index contributed by atoms with van der Waals surface area (Å²) >= 11 is 0. The molecule has 7 heteroatoms. The molecule has 0 saturated heterocycles. The summed E-state index contributed by atoms with van der Waals surface area (Å²) < 4.78 is 0. The van der Waals surface area contributed by atoms with Crippen LogP contribution in [0.1, 0.15) is 30.0 Å². The second kappa shape index (κ2) is 7.14. The van der Waals surface area contributed by atoms with E-state index in [4.69, 9.17) is 0 Å². The minimum atomic E-state index is -0.520. The van der Waals surface area contributed by atoms with Gasteiger partial charge in [0, 0.05) is 12.6 Å². The van der Waals surface area contributed by atoms with E-state index in [1.807, 2.05) is 31.2 Å². The molecule has 2 heterocycles. The molecule has 28 heavy (non-hydrogen) atoms. The van der Waals surface area contributed by atoms with Crippen LogP contribution < -0.4 is 10.6 Å². The molecule has 1 unspecified atom stereocenters. The van der Waals surface area contributed by atoms with E-state index in [1.165, 1.54) is 9.80 Å². The van der Waals surface area contributed by atoms with Crippen molar-refractivity contribution in [3.8, 4) is 0 Å². The van der Waals surface area contributed by atoms with E-state index in [-0.39, 0.29) is 37.0 Å². The third kappa shape index (κ3) is 3.40. The molecule has 0 aromatic heterocycles. The number of carbonyl (C=O) groups excluding carboxylic acids is 3. The molecule has 2 aliphatic heterocycles. The Morgan fingerprint density at radius 1 is 1.29 bits per heavy atom. The Kier molecular flexibility index (Phi) is 4.66. The quantitative estimate of drug-likeness (QED) is 0.736. The van der Waals surface area contributed by atoms with Crippen LogP contribution >= 0.6 is 0 Å². The summed E-state index contributed by atoms with van der Waals surface area (Å²) in [6, 6.07) is 7.21. The van der Waals surface area contributed by atoms with Crippen LogP contribution in [-0.4, -0.2) is 53.3 Å². The molecule has 146 valence electrons. The molecule has 1 saturated carbocycles. The fourth-order valence-electron chi connectivity index (χ4n) is 3.68. The number of amides is 4. The first-order chi connectivity index (χ1) is 13.5. The Bertz CT molecular complexity index is 870. The summed E-state index contributed by atoms with van der Waals surface area (Å²) in [4.78, 5) is 41.1. The Balaban J connectivity index is 1.63. The van der Waals surface area contributed by atoms with Gasteiger partial charge in [-0.25, -0.2) is 4.79 Å². The molecule has 4 rings (SSSR count).